The van der Waals surface area contributed by atoms with Crippen LogP contribution in [0.1, 0.15) is 16.7 Å². The van der Waals surface area contributed by atoms with Gasteiger partial charge in [-0.3, -0.25) is 0 Å². The highest BCUT2D eigenvalue weighted by Crippen LogP contribution is 2.45. The van der Waals surface area contributed by atoms with Gasteiger partial charge in [0.1, 0.15) is 0 Å². The highest BCUT2D eigenvalue weighted by molar-refractivity contribution is 5.83. The van der Waals surface area contributed by atoms with E-state index < -0.39 is 0 Å². The molecule has 0 bridgehead atoms. The predicted molar refractivity (Wildman–Crippen MR) is 82.5 cm³/mol. The number of rotatable bonds is 3. The summed E-state index contributed by atoms with van der Waals surface area (Å²) in [4.78, 5) is 0. The number of benzene rings is 2. The maximum Gasteiger partial charge on any atom is 0.168 e. The van der Waals surface area contributed by atoms with Crippen LogP contribution in [0.2, 0.25) is 0 Å². The summed E-state index contributed by atoms with van der Waals surface area (Å²) in [5.41, 5.74) is 6.27. The van der Waals surface area contributed by atoms with Crippen LogP contribution in [0.25, 0.3) is 17.2 Å². The molecule has 0 amide bonds. The summed E-state index contributed by atoms with van der Waals surface area (Å²) in [6.07, 6.45) is 3.99. The Labute approximate surface area is 119 Å². The Morgan fingerprint density at radius 3 is 2.60 bits per heavy atom. The highest BCUT2D eigenvalue weighted by atomic mass is 16.5. The van der Waals surface area contributed by atoms with Crippen molar-refractivity contribution in [3.8, 4) is 22.6 Å². The van der Waals surface area contributed by atoms with Crippen molar-refractivity contribution >= 4 is 6.08 Å². The zero-order valence-electron chi connectivity index (χ0n) is 11.9. The fraction of sp³-hybridized carbons (Fsp3) is 0.222. The molecule has 0 saturated carbocycles. The van der Waals surface area contributed by atoms with Crippen molar-refractivity contribution in [2.75, 3.05) is 14.2 Å². The van der Waals surface area contributed by atoms with Gasteiger partial charge in [0, 0.05) is 5.56 Å². The third-order valence-electron chi connectivity index (χ3n) is 3.98. The minimum absolute atomic E-state index is 0.781. The number of methoxy groups -OCH3 is 2. The number of aryl methyl sites for hydroxylation is 1. The summed E-state index contributed by atoms with van der Waals surface area (Å²) in [7, 11) is 3.37. The van der Waals surface area contributed by atoms with Gasteiger partial charge in [0.15, 0.2) is 11.5 Å². The standard InChI is InChI=1S/C18H18O2/c1-4-12-6-5-7-15-14(12)10-8-13-9-11-16(19-2)18(20-3)17(13)15/h4-7,9,11H,1,8,10H2,2-3H3. The molecule has 2 heteroatoms. The van der Waals surface area contributed by atoms with Crippen LogP contribution in [0.5, 0.6) is 11.5 Å². The molecule has 1 aliphatic carbocycles. The van der Waals surface area contributed by atoms with Gasteiger partial charge in [-0.2, -0.15) is 0 Å². The second-order valence-corrected chi connectivity index (χ2v) is 4.91. The van der Waals surface area contributed by atoms with Gasteiger partial charge in [-0.05, 0) is 41.2 Å². The van der Waals surface area contributed by atoms with E-state index in [1.54, 1.807) is 14.2 Å². The van der Waals surface area contributed by atoms with Gasteiger partial charge < -0.3 is 9.47 Å². The number of fused-ring (bicyclic) bond motifs is 3. The van der Waals surface area contributed by atoms with E-state index in [2.05, 4.69) is 30.8 Å². The number of hydrogen-bond acceptors (Lipinski definition) is 2. The summed E-state index contributed by atoms with van der Waals surface area (Å²) in [6.45, 7) is 3.92. The second-order valence-electron chi connectivity index (χ2n) is 4.91. The summed E-state index contributed by atoms with van der Waals surface area (Å²) in [5.74, 6) is 1.61. The minimum Gasteiger partial charge on any atom is -0.493 e. The molecule has 2 aromatic carbocycles. The van der Waals surface area contributed by atoms with E-state index in [4.69, 9.17) is 9.47 Å². The van der Waals surface area contributed by atoms with Crippen molar-refractivity contribution in [1.29, 1.82) is 0 Å². The Bertz CT molecular complexity index is 671. The zero-order valence-corrected chi connectivity index (χ0v) is 11.9. The Morgan fingerprint density at radius 1 is 1.05 bits per heavy atom. The van der Waals surface area contributed by atoms with Crippen molar-refractivity contribution in [2.45, 2.75) is 12.8 Å². The van der Waals surface area contributed by atoms with E-state index in [0.29, 0.717) is 0 Å². The molecule has 2 aromatic rings. The lowest BCUT2D eigenvalue weighted by atomic mass is 9.82. The fourth-order valence-electron chi connectivity index (χ4n) is 3.04. The van der Waals surface area contributed by atoms with Crippen molar-refractivity contribution < 1.29 is 9.47 Å². The first kappa shape index (κ1) is 12.8. The summed E-state index contributed by atoms with van der Waals surface area (Å²) >= 11 is 0. The van der Waals surface area contributed by atoms with E-state index in [-0.39, 0.29) is 0 Å². The minimum atomic E-state index is 0.781. The predicted octanol–water partition coefficient (Wildman–Crippen LogP) is 4.11. The summed E-state index contributed by atoms with van der Waals surface area (Å²) in [6, 6.07) is 10.5. The SMILES string of the molecule is C=Cc1cccc2c1CCc1ccc(OC)c(OC)c1-2. The third kappa shape index (κ3) is 1.80. The Morgan fingerprint density at radius 2 is 1.90 bits per heavy atom. The molecule has 0 atom stereocenters. The van der Waals surface area contributed by atoms with Gasteiger partial charge in [0.05, 0.1) is 14.2 Å². The second kappa shape index (κ2) is 5.04. The van der Waals surface area contributed by atoms with E-state index in [9.17, 15) is 0 Å². The summed E-state index contributed by atoms with van der Waals surface area (Å²) in [5, 5.41) is 0. The Kier molecular flexibility index (Phi) is 3.23. The monoisotopic (exact) mass is 266 g/mol. The number of hydrogen-bond donors (Lipinski definition) is 0. The van der Waals surface area contributed by atoms with Crippen LogP contribution in [0.3, 0.4) is 0 Å². The van der Waals surface area contributed by atoms with E-state index >= 15 is 0 Å². The van der Waals surface area contributed by atoms with Gasteiger partial charge in [-0.25, -0.2) is 0 Å². The molecule has 0 radical (unpaired) electrons. The number of ether oxygens (including phenoxy) is 2. The van der Waals surface area contributed by atoms with Crippen LogP contribution in [0.4, 0.5) is 0 Å². The van der Waals surface area contributed by atoms with Crippen LogP contribution in [0.15, 0.2) is 36.9 Å². The van der Waals surface area contributed by atoms with E-state index in [1.807, 2.05) is 12.1 Å². The molecular weight excluding hydrogens is 248 g/mol. The van der Waals surface area contributed by atoms with Crippen LogP contribution in [-0.4, -0.2) is 14.2 Å². The average Bonchev–Trinajstić information content (AvgIpc) is 2.52. The van der Waals surface area contributed by atoms with E-state index in [1.165, 1.54) is 22.3 Å². The molecular formula is C18H18O2. The first-order valence-corrected chi connectivity index (χ1v) is 6.78. The molecule has 1 aliphatic rings. The quantitative estimate of drug-likeness (QED) is 0.832. The summed E-state index contributed by atoms with van der Waals surface area (Å²) < 4.78 is 11.0. The van der Waals surface area contributed by atoms with Crippen molar-refractivity contribution in [3.05, 3.63) is 53.6 Å². The normalized spacial score (nSPS) is 12.3. The molecule has 0 N–H and O–H groups in total. The van der Waals surface area contributed by atoms with Gasteiger partial charge in [0.2, 0.25) is 0 Å². The maximum atomic E-state index is 5.61. The van der Waals surface area contributed by atoms with Crippen LogP contribution >= 0.6 is 0 Å². The van der Waals surface area contributed by atoms with Crippen LogP contribution in [-0.2, 0) is 12.8 Å². The van der Waals surface area contributed by atoms with Crippen LogP contribution in [0, 0.1) is 0 Å². The first-order chi connectivity index (χ1) is 9.80. The lowest BCUT2D eigenvalue weighted by Crippen LogP contribution is -2.07. The Balaban J connectivity index is 2.32. The molecule has 0 heterocycles. The first-order valence-electron chi connectivity index (χ1n) is 6.78. The molecule has 0 aromatic heterocycles. The molecule has 20 heavy (non-hydrogen) atoms. The van der Waals surface area contributed by atoms with Gasteiger partial charge in [-0.15, -0.1) is 0 Å². The van der Waals surface area contributed by atoms with Crippen LogP contribution < -0.4 is 9.47 Å². The van der Waals surface area contributed by atoms with Crippen molar-refractivity contribution in [3.63, 3.8) is 0 Å². The third-order valence-corrected chi connectivity index (χ3v) is 3.98. The molecule has 3 rings (SSSR count). The Hall–Kier alpha value is -2.22. The zero-order chi connectivity index (χ0) is 14.1. The van der Waals surface area contributed by atoms with Gasteiger partial charge in [-0.1, -0.05) is 36.9 Å². The lowest BCUT2D eigenvalue weighted by molar-refractivity contribution is 0.355. The lowest BCUT2D eigenvalue weighted by Gasteiger charge is -2.24. The maximum absolute atomic E-state index is 5.61. The molecule has 0 spiro atoms. The van der Waals surface area contributed by atoms with Crippen molar-refractivity contribution in [1.82, 2.24) is 0 Å². The molecule has 0 aliphatic heterocycles. The smallest absolute Gasteiger partial charge is 0.168 e. The van der Waals surface area contributed by atoms with Gasteiger partial charge >= 0.3 is 0 Å². The van der Waals surface area contributed by atoms with E-state index in [0.717, 1.165) is 29.9 Å². The molecule has 0 saturated heterocycles. The van der Waals surface area contributed by atoms with Gasteiger partial charge in [0.25, 0.3) is 0 Å². The van der Waals surface area contributed by atoms with Crippen molar-refractivity contribution in [2.24, 2.45) is 0 Å². The topological polar surface area (TPSA) is 18.5 Å². The fourth-order valence-corrected chi connectivity index (χ4v) is 3.04. The molecule has 0 fully saturated rings. The molecule has 2 nitrogen and oxygen atoms in total. The molecule has 102 valence electrons. The largest absolute Gasteiger partial charge is 0.493 e. The molecule has 0 unspecified atom stereocenters. The average molecular weight is 266 g/mol. The highest BCUT2D eigenvalue weighted by Gasteiger charge is 2.23.